The first-order chi connectivity index (χ1) is 9.41. The van der Waals surface area contributed by atoms with Gasteiger partial charge in [-0.05, 0) is 29.8 Å². The molecule has 108 valence electrons. The van der Waals surface area contributed by atoms with Gasteiger partial charge < -0.3 is 14.9 Å². The smallest absolute Gasteiger partial charge is 0.416 e. The minimum absolute atomic E-state index is 0.319. The first-order valence-corrected chi connectivity index (χ1v) is 5.92. The van der Waals surface area contributed by atoms with Crippen LogP contribution in [0.5, 0.6) is 0 Å². The number of hydrogen-bond donors (Lipinski definition) is 1. The summed E-state index contributed by atoms with van der Waals surface area (Å²) < 4.78 is 47.8. The summed E-state index contributed by atoms with van der Waals surface area (Å²) in [6.45, 7) is 0.319. The molecule has 0 saturated carbocycles. The Morgan fingerprint density at radius 3 is 2.35 bits per heavy atom. The minimum atomic E-state index is -4.35. The van der Waals surface area contributed by atoms with Gasteiger partial charge in [-0.25, -0.2) is 0 Å². The van der Waals surface area contributed by atoms with Gasteiger partial charge in [0.05, 0.1) is 11.6 Å². The number of furan rings is 1. The van der Waals surface area contributed by atoms with Crippen molar-refractivity contribution in [2.75, 3.05) is 7.11 Å². The number of methoxy groups -OCH3 is 1. The highest BCUT2D eigenvalue weighted by atomic mass is 19.4. The van der Waals surface area contributed by atoms with Gasteiger partial charge in [0.2, 0.25) is 0 Å². The Morgan fingerprint density at radius 1 is 1.15 bits per heavy atom. The highest BCUT2D eigenvalue weighted by Crippen LogP contribution is 2.30. The van der Waals surface area contributed by atoms with E-state index < -0.39 is 17.8 Å². The van der Waals surface area contributed by atoms with Crippen molar-refractivity contribution in [1.82, 2.24) is 0 Å². The van der Waals surface area contributed by atoms with Gasteiger partial charge >= 0.3 is 6.18 Å². The van der Waals surface area contributed by atoms with Crippen LogP contribution in [0.25, 0.3) is 0 Å². The maximum Gasteiger partial charge on any atom is 0.416 e. The Labute approximate surface area is 114 Å². The number of nitrogens with two attached hydrogens (primary N) is 1. The Hall–Kier alpha value is -1.79. The largest absolute Gasteiger partial charge is 0.462 e. The molecule has 2 N–H and O–H groups in total. The molecule has 2 rings (SSSR count). The molecule has 1 aromatic carbocycles. The van der Waals surface area contributed by atoms with E-state index in [-0.39, 0.29) is 0 Å². The lowest BCUT2D eigenvalue weighted by Crippen LogP contribution is -2.12. The summed E-state index contributed by atoms with van der Waals surface area (Å²) in [5.41, 5.74) is 5.82. The van der Waals surface area contributed by atoms with Crippen molar-refractivity contribution in [2.45, 2.75) is 18.8 Å². The van der Waals surface area contributed by atoms with Gasteiger partial charge in [0.25, 0.3) is 0 Å². The summed E-state index contributed by atoms with van der Waals surface area (Å²) in [6, 6.07) is 7.53. The van der Waals surface area contributed by atoms with Crippen LogP contribution in [-0.2, 0) is 17.5 Å². The molecule has 6 heteroatoms. The molecule has 0 aliphatic carbocycles. The van der Waals surface area contributed by atoms with E-state index in [4.69, 9.17) is 14.9 Å². The molecular weight excluding hydrogens is 271 g/mol. The van der Waals surface area contributed by atoms with E-state index >= 15 is 0 Å². The molecule has 0 amide bonds. The molecule has 3 nitrogen and oxygen atoms in total. The van der Waals surface area contributed by atoms with Gasteiger partial charge in [0, 0.05) is 7.11 Å². The van der Waals surface area contributed by atoms with Crippen LogP contribution in [0.15, 0.2) is 40.8 Å². The van der Waals surface area contributed by atoms with Crippen LogP contribution in [-0.4, -0.2) is 7.11 Å². The summed E-state index contributed by atoms with van der Waals surface area (Å²) in [6.07, 6.45) is -4.35. The maximum atomic E-state index is 12.5. The van der Waals surface area contributed by atoms with Crippen LogP contribution in [0, 0.1) is 0 Å². The van der Waals surface area contributed by atoms with Crippen LogP contribution in [0.1, 0.15) is 28.7 Å². The van der Waals surface area contributed by atoms with E-state index in [1.807, 2.05) is 0 Å². The molecule has 20 heavy (non-hydrogen) atoms. The van der Waals surface area contributed by atoms with Crippen LogP contribution in [0.2, 0.25) is 0 Å². The minimum Gasteiger partial charge on any atom is -0.462 e. The van der Waals surface area contributed by atoms with E-state index in [2.05, 4.69) is 0 Å². The molecular formula is C14H14F3NO2. The lowest BCUT2D eigenvalue weighted by molar-refractivity contribution is -0.137. The summed E-state index contributed by atoms with van der Waals surface area (Å²) in [5, 5.41) is 0. The van der Waals surface area contributed by atoms with Crippen molar-refractivity contribution in [3.8, 4) is 0 Å². The van der Waals surface area contributed by atoms with Crippen molar-refractivity contribution in [3.63, 3.8) is 0 Å². The Kier molecular flexibility index (Phi) is 4.15. The van der Waals surface area contributed by atoms with Crippen molar-refractivity contribution >= 4 is 0 Å². The van der Waals surface area contributed by atoms with E-state index in [1.54, 1.807) is 12.1 Å². The maximum absolute atomic E-state index is 12.5. The fourth-order valence-corrected chi connectivity index (χ4v) is 1.83. The number of halogens is 3. The van der Waals surface area contributed by atoms with Crippen LogP contribution in [0.4, 0.5) is 13.2 Å². The van der Waals surface area contributed by atoms with Crippen LogP contribution in [0.3, 0.4) is 0 Å². The highest BCUT2D eigenvalue weighted by Gasteiger charge is 2.30. The second-order valence-electron chi connectivity index (χ2n) is 4.33. The zero-order chi connectivity index (χ0) is 14.8. The molecule has 1 heterocycles. The number of hydrogen-bond acceptors (Lipinski definition) is 3. The summed E-state index contributed by atoms with van der Waals surface area (Å²) >= 11 is 0. The Balaban J connectivity index is 2.17. The van der Waals surface area contributed by atoms with Gasteiger partial charge in [0.1, 0.15) is 18.1 Å². The molecule has 0 spiro atoms. The van der Waals surface area contributed by atoms with E-state index in [9.17, 15) is 13.2 Å². The molecule has 0 fully saturated rings. The molecule has 0 aliphatic heterocycles. The third kappa shape index (κ3) is 3.20. The quantitative estimate of drug-likeness (QED) is 0.935. The number of benzene rings is 1. The number of rotatable bonds is 4. The summed E-state index contributed by atoms with van der Waals surface area (Å²) in [4.78, 5) is 0. The van der Waals surface area contributed by atoms with E-state index in [0.717, 1.165) is 12.1 Å². The fourth-order valence-electron chi connectivity index (χ4n) is 1.83. The molecule has 2 aromatic rings. The normalized spacial score (nSPS) is 13.4. The molecule has 1 unspecified atom stereocenters. The predicted octanol–water partition coefficient (Wildman–Crippen LogP) is 3.49. The first-order valence-electron chi connectivity index (χ1n) is 5.92. The molecule has 0 saturated heterocycles. The lowest BCUT2D eigenvalue weighted by atomic mass is 10.0. The van der Waals surface area contributed by atoms with Crippen molar-refractivity contribution in [1.29, 1.82) is 0 Å². The van der Waals surface area contributed by atoms with Gasteiger partial charge in [-0.1, -0.05) is 12.1 Å². The van der Waals surface area contributed by atoms with Gasteiger partial charge in [-0.2, -0.15) is 13.2 Å². The molecule has 0 bridgehead atoms. The van der Waals surface area contributed by atoms with Crippen molar-refractivity contribution in [2.24, 2.45) is 5.73 Å². The monoisotopic (exact) mass is 285 g/mol. The van der Waals surface area contributed by atoms with Crippen LogP contribution < -0.4 is 5.73 Å². The highest BCUT2D eigenvalue weighted by molar-refractivity contribution is 5.31. The van der Waals surface area contributed by atoms with E-state index in [0.29, 0.717) is 23.7 Å². The summed E-state index contributed by atoms with van der Waals surface area (Å²) in [5.74, 6) is 1.10. The number of alkyl halides is 3. The molecule has 1 atom stereocenters. The van der Waals surface area contributed by atoms with Gasteiger partial charge in [0.15, 0.2) is 0 Å². The third-order valence-corrected chi connectivity index (χ3v) is 2.87. The van der Waals surface area contributed by atoms with Crippen molar-refractivity contribution < 1.29 is 22.3 Å². The topological polar surface area (TPSA) is 48.4 Å². The Morgan fingerprint density at radius 2 is 1.80 bits per heavy atom. The fraction of sp³-hybridized carbons (Fsp3) is 0.286. The SMILES string of the molecule is COCc1ccc(C(N)c2ccc(C(F)(F)F)cc2)o1. The second kappa shape index (κ2) is 5.68. The lowest BCUT2D eigenvalue weighted by Gasteiger charge is -2.11. The predicted molar refractivity (Wildman–Crippen MR) is 66.9 cm³/mol. The molecule has 1 aromatic heterocycles. The zero-order valence-electron chi connectivity index (χ0n) is 10.8. The first kappa shape index (κ1) is 14.6. The Bertz CT molecular complexity index is 561. The average Bonchev–Trinajstić information content (AvgIpc) is 2.86. The third-order valence-electron chi connectivity index (χ3n) is 2.87. The van der Waals surface area contributed by atoms with Crippen molar-refractivity contribution in [3.05, 3.63) is 59.0 Å². The summed E-state index contributed by atoms with van der Waals surface area (Å²) in [7, 11) is 1.54. The molecule has 0 aliphatic rings. The van der Waals surface area contributed by atoms with Gasteiger partial charge in [-0.3, -0.25) is 0 Å². The average molecular weight is 285 g/mol. The molecule has 0 radical (unpaired) electrons. The standard InChI is InChI=1S/C14H14F3NO2/c1-19-8-11-6-7-12(20-11)13(18)9-2-4-10(5-3-9)14(15,16)17/h2-7,13H,8,18H2,1H3. The van der Waals surface area contributed by atoms with Gasteiger partial charge in [-0.15, -0.1) is 0 Å². The van der Waals surface area contributed by atoms with E-state index in [1.165, 1.54) is 19.2 Å². The second-order valence-corrected chi connectivity index (χ2v) is 4.33. The number of ether oxygens (including phenoxy) is 1. The van der Waals surface area contributed by atoms with Crippen LogP contribution >= 0.6 is 0 Å². The zero-order valence-corrected chi connectivity index (χ0v) is 10.8.